The van der Waals surface area contributed by atoms with E-state index in [9.17, 15) is 9.59 Å². The molecule has 0 saturated heterocycles. The zero-order chi connectivity index (χ0) is 17.8. The maximum Gasteiger partial charge on any atom is 0.251 e. The van der Waals surface area contributed by atoms with Gasteiger partial charge in [-0.2, -0.15) is 0 Å². The predicted molar refractivity (Wildman–Crippen MR) is 96.7 cm³/mol. The fourth-order valence-electron chi connectivity index (χ4n) is 3.14. The maximum atomic E-state index is 12.3. The van der Waals surface area contributed by atoms with Gasteiger partial charge in [0.15, 0.2) is 0 Å². The minimum absolute atomic E-state index is 0.0549. The van der Waals surface area contributed by atoms with Crippen molar-refractivity contribution in [2.24, 2.45) is 5.92 Å². The number of para-hydroxylation sites is 1. The first-order valence-electron chi connectivity index (χ1n) is 8.39. The van der Waals surface area contributed by atoms with Crippen molar-refractivity contribution in [3.8, 4) is 5.75 Å². The molecule has 2 amide bonds. The highest BCUT2D eigenvalue weighted by Gasteiger charge is 2.19. The van der Waals surface area contributed by atoms with Gasteiger partial charge in [0.25, 0.3) is 5.91 Å². The first-order chi connectivity index (χ1) is 12.1. The summed E-state index contributed by atoms with van der Waals surface area (Å²) in [7, 11) is 1.65. The molecule has 3 rings (SSSR count). The van der Waals surface area contributed by atoms with Crippen LogP contribution in [-0.4, -0.2) is 18.9 Å². The number of benzene rings is 2. The predicted octanol–water partition coefficient (Wildman–Crippen LogP) is 3.15. The van der Waals surface area contributed by atoms with Crippen LogP contribution in [0.25, 0.3) is 0 Å². The van der Waals surface area contributed by atoms with Crippen molar-refractivity contribution >= 4 is 17.5 Å². The lowest BCUT2D eigenvalue weighted by Crippen LogP contribution is -2.17. The van der Waals surface area contributed by atoms with Gasteiger partial charge in [0.1, 0.15) is 5.75 Å². The molecular formula is C20H22N2O3. The monoisotopic (exact) mass is 338 g/mol. The van der Waals surface area contributed by atoms with Gasteiger partial charge in [-0.25, -0.2) is 0 Å². The average molecular weight is 338 g/mol. The van der Waals surface area contributed by atoms with Crippen LogP contribution >= 0.6 is 0 Å². The molecule has 1 heterocycles. The minimum Gasteiger partial charge on any atom is -0.496 e. The van der Waals surface area contributed by atoms with Crippen LogP contribution in [0.4, 0.5) is 5.69 Å². The fourth-order valence-corrected chi connectivity index (χ4v) is 3.14. The van der Waals surface area contributed by atoms with Crippen molar-refractivity contribution < 1.29 is 14.3 Å². The molecule has 0 saturated carbocycles. The summed E-state index contributed by atoms with van der Waals surface area (Å²) in [4.78, 5) is 24.0. The lowest BCUT2D eigenvalue weighted by Gasteiger charge is -2.14. The fraction of sp³-hybridized carbons (Fsp3) is 0.300. The molecule has 2 aromatic rings. The topological polar surface area (TPSA) is 67.4 Å². The molecule has 5 heteroatoms. The van der Waals surface area contributed by atoms with Gasteiger partial charge in [0.05, 0.1) is 7.11 Å². The Morgan fingerprint density at radius 1 is 1.28 bits per heavy atom. The molecule has 0 bridgehead atoms. The third kappa shape index (κ3) is 3.99. The molecule has 0 aromatic heterocycles. The molecule has 130 valence electrons. The van der Waals surface area contributed by atoms with Gasteiger partial charge >= 0.3 is 0 Å². The number of hydrogen-bond acceptors (Lipinski definition) is 3. The highest BCUT2D eigenvalue weighted by molar-refractivity contribution is 6.00. The molecule has 1 aliphatic rings. The van der Waals surface area contributed by atoms with Crippen LogP contribution in [-0.2, 0) is 17.8 Å². The van der Waals surface area contributed by atoms with Gasteiger partial charge in [0.2, 0.25) is 5.91 Å². The number of amides is 2. The summed E-state index contributed by atoms with van der Waals surface area (Å²) >= 11 is 0. The number of hydrogen-bond donors (Lipinski definition) is 2. The summed E-state index contributed by atoms with van der Waals surface area (Å²) in [5, 5.41) is 5.66. The Morgan fingerprint density at radius 2 is 2.08 bits per heavy atom. The van der Waals surface area contributed by atoms with Crippen molar-refractivity contribution in [3.05, 3.63) is 59.2 Å². The summed E-state index contributed by atoms with van der Waals surface area (Å²) in [5.74, 6) is 0.879. The first-order valence-corrected chi connectivity index (χ1v) is 8.39. The summed E-state index contributed by atoms with van der Waals surface area (Å²) in [6.45, 7) is 2.60. The molecule has 0 aliphatic carbocycles. The van der Waals surface area contributed by atoms with Crippen molar-refractivity contribution in [3.63, 3.8) is 0 Å². The van der Waals surface area contributed by atoms with E-state index in [2.05, 4.69) is 10.6 Å². The Hall–Kier alpha value is -2.82. The van der Waals surface area contributed by atoms with E-state index in [0.29, 0.717) is 24.2 Å². The van der Waals surface area contributed by atoms with Gasteiger partial charge < -0.3 is 15.4 Å². The lowest BCUT2D eigenvalue weighted by atomic mass is 9.97. The molecule has 1 aliphatic heterocycles. The van der Waals surface area contributed by atoms with Gasteiger partial charge in [0, 0.05) is 24.2 Å². The van der Waals surface area contributed by atoms with E-state index in [4.69, 9.17) is 4.74 Å². The van der Waals surface area contributed by atoms with Crippen molar-refractivity contribution in [1.82, 2.24) is 5.32 Å². The molecule has 0 fully saturated rings. The minimum atomic E-state index is -0.0874. The van der Waals surface area contributed by atoms with Crippen LogP contribution in [0.1, 0.15) is 34.8 Å². The van der Waals surface area contributed by atoms with Crippen LogP contribution in [0, 0.1) is 5.92 Å². The Labute approximate surface area is 147 Å². The third-order valence-electron chi connectivity index (χ3n) is 4.37. The van der Waals surface area contributed by atoms with Crippen molar-refractivity contribution in [2.45, 2.75) is 26.3 Å². The summed E-state index contributed by atoms with van der Waals surface area (Å²) in [6, 6.07) is 13.3. The number of anilines is 1. The molecule has 2 N–H and O–H groups in total. The second-order valence-electron chi connectivity index (χ2n) is 6.43. The van der Waals surface area contributed by atoms with E-state index in [1.165, 1.54) is 0 Å². The molecule has 0 spiro atoms. The summed E-state index contributed by atoms with van der Waals surface area (Å²) in [6.07, 6.45) is 1.17. The van der Waals surface area contributed by atoms with Crippen LogP contribution < -0.4 is 15.4 Å². The Morgan fingerprint density at radius 3 is 2.88 bits per heavy atom. The molecule has 25 heavy (non-hydrogen) atoms. The molecule has 1 atom stereocenters. The Bertz CT molecular complexity index is 801. The summed E-state index contributed by atoms with van der Waals surface area (Å²) in [5.41, 5.74) is 3.36. The molecular weight excluding hydrogens is 316 g/mol. The smallest absolute Gasteiger partial charge is 0.251 e. The molecule has 0 radical (unpaired) electrons. The van der Waals surface area contributed by atoms with Gasteiger partial charge in [-0.3, -0.25) is 9.59 Å². The maximum absolute atomic E-state index is 12.3. The van der Waals surface area contributed by atoms with Crippen LogP contribution in [0.2, 0.25) is 0 Å². The number of rotatable bonds is 6. The Balaban J connectivity index is 1.59. The van der Waals surface area contributed by atoms with Gasteiger partial charge in [-0.05, 0) is 41.7 Å². The van der Waals surface area contributed by atoms with E-state index >= 15 is 0 Å². The van der Waals surface area contributed by atoms with E-state index in [0.717, 1.165) is 23.3 Å². The van der Waals surface area contributed by atoms with Gasteiger partial charge in [-0.1, -0.05) is 31.2 Å². The molecule has 5 nitrogen and oxygen atoms in total. The van der Waals surface area contributed by atoms with Crippen molar-refractivity contribution in [1.29, 1.82) is 0 Å². The number of carbonyl (C=O) groups is 2. The summed E-state index contributed by atoms with van der Waals surface area (Å²) < 4.78 is 5.36. The van der Waals surface area contributed by atoms with Crippen LogP contribution in [0.5, 0.6) is 5.75 Å². The van der Waals surface area contributed by atoms with Crippen LogP contribution in [0.3, 0.4) is 0 Å². The molecule has 0 unspecified atom stereocenters. The number of nitrogens with one attached hydrogen (secondary N) is 2. The van der Waals surface area contributed by atoms with E-state index < -0.39 is 0 Å². The zero-order valence-electron chi connectivity index (χ0n) is 14.5. The second-order valence-corrected chi connectivity index (χ2v) is 6.43. The number of fused-ring (bicyclic) bond motifs is 1. The largest absolute Gasteiger partial charge is 0.496 e. The standard InChI is InChI=1S/C20H22N2O3/c1-13(9-14-5-3-4-6-18(14)25-2)10-19(23)22-16-8-7-15-12-21-20(24)17(15)11-16/h3-8,11,13H,9-10,12H2,1-2H3,(H,21,24)(H,22,23)/t13-/m0/s1. The molecule has 2 aromatic carbocycles. The Kier molecular flexibility index (Phi) is 5.03. The van der Waals surface area contributed by atoms with Crippen LogP contribution in [0.15, 0.2) is 42.5 Å². The van der Waals surface area contributed by atoms with E-state index in [1.54, 1.807) is 13.2 Å². The second kappa shape index (κ2) is 7.38. The van der Waals surface area contributed by atoms with E-state index in [1.807, 2.05) is 43.3 Å². The number of methoxy groups -OCH3 is 1. The quantitative estimate of drug-likeness (QED) is 0.850. The van der Waals surface area contributed by atoms with Gasteiger partial charge in [-0.15, -0.1) is 0 Å². The third-order valence-corrected chi connectivity index (χ3v) is 4.37. The highest BCUT2D eigenvalue weighted by atomic mass is 16.5. The first kappa shape index (κ1) is 17.0. The lowest BCUT2D eigenvalue weighted by molar-refractivity contribution is -0.116. The highest BCUT2D eigenvalue weighted by Crippen LogP contribution is 2.23. The SMILES string of the molecule is COc1ccccc1C[C@H](C)CC(=O)Nc1ccc2c(c1)C(=O)NC2. The normalized spacial score (nSPS) is 13.8. The van der Waals surface area contributed by atoms with Crippen molar-refractivity contribution in [2.75, 3.05) is 12.4 Å². The average Bonchev–Trinajstić information content (AvgIpc) is 2.96. The number of ether oxygens (including phenoxy) is 1. The van der Waals surface area contributed by atoms with E-state index in [-0.39, 0.29) is 17.7 Å². The zero-order valence-corrected chi connectivity index (χ0v) is 14.5. The number of carbonyl (C=O) groups excluding carboxylic acids is 2.